The molecule has 2 rings (SSSR count). The van der Waals surface area contributed by atoms with E-state index in [4.69, 9.17) is 0 Å². The van der Waals surface area contributed by atoms with Crippen molar-refractivity contribution in [3.8, 4) is 0 Å². The van der Waals surface area contributed by atoms with Gasteiger partial charge in [-0.3, -0.25) is 0 Å². The molecular formula is C16H25N. The van der Waals surface area contributed by atoms with E-state index in [1.54, 1.807) is 0 Å². The molecule has 1 nitrogen and oxygen atoms in total. The van der Waals surface area contributed by atoms with Gasteiger partial charge in [0.15, 0.2) is 0 Å². The Morgan fingerprint density at radius 3 is 2.71 bits per heavy atom. The molecule has 2 atom stereocenters. The molecule has 1 aromatic carbocycles. The van der Waals surface area contributed by atoms with E-state index in [1.165, 1.54) is 24.1 Å². The molecule has 0 aliphatic heterocycles. The molecule has 17 heavy (non-hydrogen) atoms. The van der Waals surface area contributed by atoms with Crippen molar-refractivity contribution in [3.05, 3.63) is 35.4 Å². The Morgan fingerprint density at radius 2 is 2.06 bits per heavy atom. The van der Waals surface area contributed by atoms with Gasteiger partial charge in [0, 0.05) is 0 Å². The highest BCUT2D eigenvalue weighted by atomic mass is 14.9. The van der Waals surface area contributed by atoms with Gasteiger partial charge in [0.25, 0.3) is 0 Å². The second kappa shape index (κ2) is 4.81. The summed E-state index contributed by atoms with van der Waals surface area (Å²) in [6.45, 7) is 11.5. The number of hydrogen-bond donors (Lipinski definition) is 1. The first-order valence-electron chi connectivity index (χ1n) is 6.84. The highest BCUT2D eigenvalue weighted by molar-refractivity contribution is 5.34. The van der Waals surface area contributed by atoms with Crippen LogP contribution < -0.4 is 5.32 Å². The summed E-state index contributed by atoms with van der Waals surface area (Å²) >= 11 is 0. The predicted molar refractivity (Wildman–Crippen MR) is 74.4 cm³/mol. The predicted octanol–water partition coefficient (Wildman–Crippen LogP) is 3.73. The van der Waals surface area contributed by atoms with Crippen LogP contribution in [0.15, 0.2) is 24.3 Å². The van der Waals surface area contributed by atoms with E-state index in [0.717, 1.165) is 18.4 Å². The van der Waals surface area contributed by atoms with Crippen LogP contribution in [0, 0.1) is 18.3 Å². The lowest BCUT2D eigenvalue weighted by molar-refractivity contribution is 0.518. The van der Waals surface area contributed by atoms with E-state index < -0.39 is 0 Å². The fourth-order valence-electron chi connectivity index (χ4n) is 3.08. The lowest BCUT2D eigenvalue weighted by Crippen LogP contribution is -2.19. The number of rotatable bonds is 5. The van der Waals surface area contributed by atoms with E-state index in [-0.39, 0.29) is 0 Å². The molecule has 0 aromatic heterocycles. The van der Waals surface area contributed by atoms with Gasteiger partial charge in [-0.05, 0) is 49.2 Å². The minimum atomic E-state index is 0.467. The molecule has 1 N–H and O–H groups in total. The minimum absolute atomic E-state index is 0.467. The summed E-state index contributed by atoms with van der Waals surface area (Å²) in [5, 5.41) is 3.57. The van der Waals surface area contributed by atoms with Crippen LogP contribution in [-0.2, 0) is 0 Å². The summed E-state index contributed by atoms with van der Waals surface area (Å²) in [4.78, 5) is 0. The molecule has 1 fully saturated rings. The Balaban J connectivity index is 2.02. The van der Waals surface area contributed by atoms with E-state index in [1.807, 2.05) is 0 Å². The summed E-state index contributed by atoms with van der Waals surface area (Å²) in [7, 11) is 0. The number of benzene rings is 1. The van der Waals surface area contributed by atoms with Crippen LogP contribution in [0.3, 0.4) is 0 Å². The summed E-state index contributed by atoms with van der Waals surface area (Å²) in [6, 6.07) is 9.02. The van der Waals surface area contributed by atoms with E-state index >= 15 is 0 Å². The van der Waals surface area contributed by atoms with Crippen molar-refractivity contribution >= 4 is 0 Å². The van der Waals surface area contributed by atoms with Crippen LogP contribution in [0.5, 0.6) is 0 Å². The quantitative estimate of drug-likeness (QED) is 0.761. The molecule has 0 radical (unpaired) electrons. The van der Waals surface area contributed by atoms with Crippen LogP contribution in [0.2, 0.25) is 0 Å². The third kappa shape index (κ3) is 2.55. The maximum absolute atomic E-state index is 3.57. The molecule has 2 unspecified atom stereocenters. The standard InChI is InChI=1S/C16H25N/c1-5-9-17-11-14-15(16(14,3)4)13-8-6-7-12(2)10-13/h6-8,10,14-15,17H,5,9,11H2,1-4H3. The number of nitrogens with one attached hydrogen (secondary N) is 1. The zero-order valence-electron chi connectivity index (χ0n) is 11.6. The molecule has 0 heterocycles. The van der Waals surface area contributed by atoms with E-state index in [9.17, 15) is 0 Å². The van der Waals surface area contributed by atoms with Crippen molar-refractivity contribution in [3.63, 3.8) is 0 Å². The molecule has 1 aromatic rings. The third-order valence-electron chi connectivity index (χ3n) is 4.24. The highest BCUT2D eigenvalue weighted by Gasteiger charge is 2.57. The third-order valence-corrected chi connectivity index (χ3v) is 4.24. The van der Waals surface area contributed by atoms with Gasteiger partial charge in [0.05, 0.1) is 0 Å². The Hall–Kier alpha value is -0.820. The average Bonchev–Trinajstić information content (AvgIpc) is 2.81. The molecule has 0 amide bonds. The van der Waals surface area contributed by atoms with Crippen LogP contribution >= 0.6 is 0 Å². The Kier molecular flexibility index (Phi) is 3.58. The number of hydrogen-bond acceptors (Lipinski definition) is 1. The molecule has 0 bridgehead atoms. The fraction of sp³-hybridized carbons (Fsp3) is 0.625. The van der Waals surface area contributed by atoms with Crippen LogP contribution in [0.1, 0.15) is 44.2 Å². The van der Waals surface area contributed by atoms with Crippen molar-refractivity contribution in [1.82, 2.24) is 5.32 Å². The smallest absolute Gasteiger partial charge is 0.000913 e. The van der Waals surface area contributed by atoms with Crippen molar-refractivity contribution in [2.45, 2.75) is 40.0 Å². The normalized spacial score (nSPS) is 25.9. The molecule has 1 aliphatic rings. The van der Waals surface area contributed by atoms with Gasteiger partial charge in [-0.15, -0.1) is 0 Å². The Morgan fingerprint density at radius 1 is 1.29 bits per heavy atom. The summed E-state index contributed by atoms with van der Waals surface area (Å²) in [5.74, 6) is 1.54. The van der Waals surface area contributed by atoms with Gasteiger partial charge < -0.3 is 5.32 Å². The highest BCUT2D eigenvalue weighted by Crippen LogP contribution is 2.64. The van der Waals surface area contributed by atoms with Crippen LogP contribution in [0.4, 0.5) is 0 Å². The van der Waals surface area contributed by atoms with Gasteiger partial charge in [-0.25, -0.2) is 0 Å². The first-order valence-corrected chi connectivity index (χ1v) is 6.84. The molecule has 1 heteroatoms. The molecular weight excluding hydrogens is 206 g/mol. The van der Waals surface area contributed by atoms with Gasteiger partial charge in [0.1, 0.15) is 0 Å². The molecule has 94 valence electrons. The van der Waals surface area contributed by atoms with Crippen molar-refractivity contribution < 1.29 is 0 Å². The van der Waals surface area contributed by atoms with Crippen molar-refractivity contribution in [2.24, 2.45) is 11.3 Å². The topological polar surface area (TPSA) is 12.0 Å². The first kappa shape index (κ1) is 12.6. The maximum atomic E-state index is 3.57. The van der Waals surface area contributed by atoms with Gasteiger partial charge in [-0.2, -0.15) is 0 Å². The molecule has 0 spiro atoms. The summed E-state index contributed by atoms with van der Waals surface area (Å²) < 4.78 is 0. The van der Waals surface area contributed by atoms with Crippen LogP contribution in [-0.4, -0.2) is 13.1 Å². The monoisotopic (exact) mass is 231 g/mol. The van der Waals surface area contributed by atoms with Gasteiger partial charge in [-0.1, -0.05) is 50.6 Å². The SMILES string of the molecule is CCCNCC1C(c2cccc(C)c2)C1(C)C. The first-order chi connectivity index (χ1) is 8.07. The summed E-state index contributed by atoms with van der Waals surface area (Å²) in [5.41, 5.74) is 3.37. The van der Waals surface area contributed by atoms with E-state index in [2.05, 4.69) is 57.3 Å². The zero-order valence-corrected chi connectivity index (χ0v) is 11.6. The second-order valence-electron chi connectivity index (χ2n) is 6.02. The van der Waals surface area contributed by atoms with Gasteiger partial charge in [0.2, 0.25) is 0 Å². The van der Waals surface area contributed by atoms with Crippen LogP contribution in [0.25, 0.3) is 0 Å². The molecule has 0 saturated heterocycles. The minimum Gasteiger partial charge on any atom is -0.316 e. The van der Waals surface area contributed by atoms with Crippen molar-refractivity contribution in [1.29, 1.82) is 0 Å². The second-order valence-corrected chi connectivity index (χ2v) is 6.02. The zero-order chi connectivity index (χ0) is 12.5. The Labute approximate surface area is 106 Å². The largest absolute Gasteiger partial charge is 0.316 e. The lowest BCUT2D eigenvalue weighted by Gasteiger charge is -2.03. The van der Waals surface area contributed by atoms with E-state index in [0.29, 0.717) is 5.41 Å². The van der Waals surface area contributed by atoms with Crippen molar-refractivity contribution in [2.75, 3.05) is 13.1 Å². The summed E-state index contributed by atoms with van der Waals surface area (Å²) in [6.07, 6.45) is 1.22. The maximum Gasteiger partial charge on any atom is -0.000913 e. The molecule has 1 aliphatic carbocycles. The fourth-order valence-corrected chi connectivity index (χ4v) is 3.08. The Bertz CT molecular complexity index is 381. The average molecular weight is 231 g/mol. The molecule has 1 saturated carbocycles. The lowest BCUT2D eigenvalue weighted by atomic mass is 10.0. The number of aryl methyl sites for hydroxylation is 1. The van der Waals surface area contributed by atoms with Gasteiger partial charge >= 0.3 is 0 Å².